The fourth-order valence-corrected chi connectivity index (χ4v) is 3.66. The molecule has 1 saturated carbocycles. The van der Waals surface area contributed by atoms with E-state index in [0.717, 1.165) is 30.6 Å². The van der Waals surface area contributed by atoms with Crippen LogP contribution in [0.15, 0.2) is 24.3 Å². The Balaban J connectivity index is 1.62. The van der Waals surface area contributed by atoms with Crippen molar-refractivity contribution < 1.29 is 4.79 Å². The molecule has 21 heavy (non-hydrogen) atoms. The highest BCUT2D eigenvalue weighted by atomic mass is 16.2. The lowest BCUT2D eigenvalue weighted by molar-refractivity contribution is 0.219. The number of nitrogens with one attached hydrogen (secondary N) is 2. The zero-order chi connectivity index (χ0) is 14.8. The van der Waals surface area contributed by atoms with Crippen molar-refractivity contribution in [2.75, 3.05) is 25.5 Å². The van der Waals surface area contributed by atoms with E-state index >= 15 is 0 Å². The molecule has 1 aliphatic carbocycles. The van der Waals surface area contributed by atoms with Crippen LogP contribution in [0.5, 0.6) is 0 Å². The fourth-order valence-electron chi connectivity index (χ4n) is 3.66. The molecule has 3 atom stereocenters. The van der Waals surface area contributed by atoms with Gasteiger partial charge >= 0.3 is 6.03 Å². The van der Waals surface area contributed by atoms with Crippen molar-refractivity contribution in [1.82, 2.24) is 10.2 Å². The van der Waals surface area contributed by atoms with Gasteiger partial charge in [-0.25, -0.2) is 4.79 Å². The van der Waals surface area contributed by atoms with E-state index in [4.69, 9.17) is 0 Å². The van der Waals surface area contributed by atoms with Crippen LogP contribution in [0.3, 0.4) is 0 Å². The molecular weight excluding hydrogens is 262 g/mol. The number of anilines is 1. The van der Waals surface area contributed by atoms with Gasteiger partial charge in [0.1, 0.15) is 0 Å². The number of benzene rings is 1. The number of carbonyl (C=O) groups excluding carboxylic acids is 1. The van der Waals surface area contributed by atoms with Gasteiger partial charge < -0.3 is 15.5 Å². The van der Waals surface area contributed by atoms with E-state index in [2.05, 4.69) is 29.7 Å². The molecule has 1 aromatic carbocycles. The van der Waals surface area contributed by atoms with Crippen LogP contribution in [0.25, 0.3) is 0 Å². The average Bonchev–Trinajstić information content (AvgIpc) is 3.08. The van der Waals surface area contributed by atoms with E-state index in [-0.39, 0.29) is 12.1 Å². The molecule has 0 spiro atoms. The smallest absolute Gasteiger partial charge is 0.321 e. The SMILES string of the molecule is CNC(C)c1cccc(NC(=O)N2CC3CCCC3C2)c1. The first kappa shape index (κ1) is 14.4. The molecule has 1 heterocycles. The number of hydrogen-bond donors (Lipinski definition) is 2. The summed E-state index contributed by atoms with van der Waals surface area (Å²) < 4.78 is 0. The van der Waals surface area contributed by atoms with Gasteiger partial charge in [-0.05, 0) is 56.3 Å². The topological polar surface area (TPSA) is 44.4 Å². The van der Waals surface area contributed by atoms with Crippen molar-refractivity contribution in [2.24, 2.45) is 11.8 Å². The van der Waals surface area contributed by atoms with Crippen LogP contribution < -0.4 is 10.6 Å². The molecule has 0 aromatic heterocycles. The molecule has 4 heteroatoms. The van der Waals surface area contributed by atoms with Gasteiger partial charge in [0.25, 0.3) is 0 Å². The quantitative estimate of drug-likeness (QED) is 0.896. The summed E-state index contributed by atoms with van der Waals surface area (Å²) >= 11 is 0. The molecule has 0 radical (unpaired) electrons. The zero-order valence-corrected chi connectivity index (χ0v) is 12.9. The van der Waals surface area contributed by atoms with Gasteiger partial charge in [0, 0.05) is 24.8 Å². The predicted molar refractivity (Wildman–Crippen MR) is 85.3 cm³/mol. The number of rotatable bonds is 3. The van der Waals surface area contributed by atoms with Gasteiger partial charge in [-0.3, -0.25) is 0 Å². The van der Waals surface area contributed by atoms with Gasteiger partial charge in [0.2, 0.25) is 0 Å². The van der Waals surface area contributed by atoms with Gasteiger partial charge in [0.15, 0.2) is 0 Å². The summed E-state index contributed by atoms with van der Waals surface area (Å²) in [5, 5.41) is 6.27. The minimum Gasteiger partial charge on any atom is -0.324 e. The van der Waals surface area contributed by atoms with Crippen molar-refractivity contribution in [1.29, 1.82) is 0 Å². The van der Waals surface area contributed by atoms with Crippen LogP contribution in [-0.2, 0) is 0 Å². The maximum Gasteiger partial charge on any atom is 0.321 e. The standard InChI is InChI=1S/C17H25N3O/c1-12(18-2)13-5-4-8-16(9-13)19-17(21)20-10-14-6-3-7-15(14)11-20/h4-5,8-9,12,14-15,18H,3,6-7,10-11H2,1-2H3,(H,19,21). The van der Waals surface area contributed by atoms with E-state index in [9.17, 15) is 4.79 Å². The fraction of sp³-hybridized carbons (Fsp3) is 0.588. The maximum atomic E-state index is 12.4. The van der Waals surface area contributed by atoms with E-state index in [1.807, 2.05) is 24.1 Å². The Morgan fingerprint density at radius 2 is 2.00 bits per heavy atom. The highest BCUT2D eigenvalue weighted by Gasteiger charge is 2.37. The van der Waals surface area contributed by atoms with Crippen molar-refractivity contribution in [2.45, 2.75) is 32.2 Å². The highest BCUT2D eigenvalue weighted by molar-refractivity contribution is 5.89. The summed E-state index contributed by atoms with van der Waals surface area (Å²) in [5.41, 5.74) is 2.07. The Kier molecular flexibility index (Phi) is 4.15. The summed E-state index contributed by atoms with van der Waals surface area (Å²) in [6.45, 7) is 3.98. The number of fused-ring (bicyclic) bond motifs is 1. The number of hydrogen-bond acceptors (Lipinski definition) is 2. The maximum absolute atomic E-state index is 12.4. The highest BCUT2D eigenvalue weighted by Crippen LogP contribution is 2.37. The Labute approximate surface area is 126 Å². The summed E-state index contributed by atoms with van der Waals surface area (Å²) in [4.78, 5) is 14.4. The molecule has 114 valence electrons. The third-order valence-corrected chi connectivity index (χ3v) is 5.08. The third-order valence-electron chi connectivity index (χ3n) is 5.08. The second-order valence-electron chi connectivity index (χ2n) is 6.42. The van der Waals surface area contributed by atoms with Crippen LogP contribution in [0, 0.1) is 11.8 Å². The number of urea groups is 1. The van der Waals surface area contributed by atoms with Gasteiger partial charge in [-0.15, -0.1) is 0 Å². The molecule has 3 rings (SSSR count). The van der Waals surface area contributed by atoms with Crippen LogP contribution in [0.1, 0.15) is 37.8 Å². The number of amides is 2. The molecule has 2 fully saturated rings. The van der Waals surface area contributed by atoms with E-state index < -0.39 is 0 Å². The van der Waals surface area contributed by atoms with Crippen LogP contribution in [-0.4, -0.2) is 31.1 Å². The Hall–Kier alpha value is -1.55. The second kappa shape index (κ2) is 6.06. The molecule has 2 amide bonds. The van der Waals surface area contributed by atoms with Crippen molar-refractivity contribution in [3.8, 4) is 0 Å². The molecule has 1 aromatic rings. The third kappa shape index (κ3) is 3.05. The van der Waals surface area contributed by atoms with E-state index in [1.165, 1.54) is 24.8 Å². The molecule has 2 N–H and O–H groups in total. The van der Waals surface area contributed by atoms with Crippen LogP contribution >= 0.6 is 0 Å². The molecule has 4 nitrogen and oxygen atoms in total. The van der Waals surface area contributed by atoms with Crippen molar-refractivity contribution in [3.63, 3.8) is 0 Å². The number of likely N-dealkylation sites (tertiary alicyclic amines) is 1. The van der Waals surface area contributed by atoms with Crippen LogP contribution in [0.4, 0.5) is 10.5 Å². The second-order valence-corrected chi connectivity index (χ2v) is 6.42. The Bertz CT molecular complexity index is 505. The lowest BCUT2D eigenvalue weighted by Gasteiger charge is -2.19. The lowest BCUT2D eigenvalue weighted by atomic mass is 10.0. The minimum absolute atomic E-state index is 0.0543. The largest absolute Gasteiger partial charge is 0.324 e. The molecule has 3 unspecified atom stereocenters. The monoisotopic (exact) mass is 287 g/mol. The van der Waals surface area contributed by atoms with Gasteiger partial charge in [-0.2, -0.15) is 0 Å². The van der Waals surface area contributed by atoms with E-state index in [0.29, 0.717) is 0 Å². The molecule has 1 saturated heterocycles. The summed E-state index contributed by atoms with van der Waals surface area (Å²) in [6.07, 6.45) is 3.93. The summed E-state index contributed by atoms with van der Waals surface area (Å²) in [7, 11) is 1.94. The zero-order valence-electron chi connectivity index (χ0n) is 12.9. The van der Waals surface area contributed by atoms with Gasteiger partial charge in [0.05, 0.1) is 0 Å². The molecule has 2 aliphatic rings. The first-order valence-electron chi connectivity index (χ1n) is 8.00. The predicted octanol–water partition coefficient (Wildman–Crippen LogP) is 3.23. The number of nitrogens with zero attached hydrogens (tertiary/aromatic N) is 1. The Morgan fingerprint density at radius 1 is 1.29 bits per heavy atom. The Morgan fingerprint density at radius 3 is 2.67 bits per heavy atom. The number of carbonyl (C=O) groups is 1. The molecule has 1 aliphatic heterocycles. The lowest BCUT2D eigenvalue weighted by Crippen LogP contribution is -2.33. The summed E-state index contributed by atoms with van der Waals surface area (Å²) in [6, 6.07) is 8.43. The van der Waals surface area contributed by atoms with Crippen molar-refractivity contribution >= 4 is 11.7 Å². The van der Waals surface area contributed by atoms with Crippen molar-refractivity contribution in [3.05, 3.63) is 29.8 Å². The van der Waals surface area contributed by atoms with E-state index in [1.54, 1.807) is 0 Å². The molecule has 0 bridgehead atoms. The normalized spacial score (nSPS) is 25.7. The van der Waals surface area contributed by atoms with Crippen LogP contribution in [0.2, 0.25) is 0 Å². The first-order chi connectivity index (χ1) is 10.2. The molecular formula is C17H25N3O. The summed E-state index contributed by atoms with van der Waals surface area (Å²) in [5.74, 6) is 1.48. The van der Waals surface area contributed by atoms with Gasteiger partial charge in [-0.1, -0.05) is 18.6 Å². The average molecular weight is 287 g/mol. The minimum atomic E-state index is 0.0543. The first-order valence-corrected chi connectivity index (χ1v) is 8.00.